The molecule has 1 aromatic heterocycles. The Morgan fingerprint density at radius 2 is 1.93 bits per heavy atom. The number of hydrogen-bond donors (Lipinski definition) is 0. The zero-order valence-electron chi connectivity index (χ0n) is 7.86. The highest BCUT2D eigenvalue weighted by molar-refractivity contribution is 7.13. The number of benzene rings is 1. The highest BCUT2D eigenvalue weighted by atomic mass is 32.1. The lowest BCUT2D eigenvalue weighted by Crippen LogP contribution is -1.74. The minimum Gasteiger partial charge on any atom is -0.298 e. The number of thiophene rings is 1. The summed E-state index contributed by atoms with van der Waals surface area (Å²) in [6, 6.07) is 10.2. The Hall–Kier alpha value is -1.41. The topological polar surface area (TPSA) is 17.1 Å². The fourth-order valence-electron chi connectivity index (χ4n) is 1.28. The van der Waals surface area contributed by atoms with E-state index in [-0.39, 0.29) is 0 Å². The van der Waals surface area contributed by atoms with Crippen LogP contribution < -0.4 is 0 Å². The first-order valence-electron chi connectivity index (χ1n) is 4.40. The summed E-state index contributed by atoms with van der Waals surface area (Å²) >= 11 is 1.60. The standard InChI is InChI=1S/C12H10OS/c1-9-2-4-11(5-3-9)12-6-10(7-13)8-14-12/h2-8H,1H3. The van der Waals surface area contributed by atoms with E-state index in [2.05, 4.69) is 31.2 Å². The average Bonchev–Trinajstić information content (AvgIpc) is 2.67. The molecule has 2 rings (SSSR count). The van der Waals surface area contributed by atoms with Crippen molar-refractivity contribution in [2.45, 2.75) is 6.92 Å². The van der Waals surface area contributed by atoms with Crippen LogP contribution in [0.1, 0.15) is 15.9 Å². The molecule has 1 nitrogen and oxygen atoms in total. The summed E-state index contributed by atoms with van der Waals surface area (Å²) in [5, 5.41) is 1.88. The van der Waals surface area contributed by atoms with Crippen molar-refractivity contribution in [1.29, 1.82) is 0 Å². The van der Waals surface area contributed by atoms with Gasteiger partial charge in [-0.05, 0) is 18.6 Å². The largest absolute Gasteiger partial charge is 0.298 e. The molecule has 0 amide bonds. The van der Waals surface area contributed by atoms with Crippen LogP contribution >= 0.6 is 11.3 Å². The third-order valence-electron chi connectivity index (χ3n) is 2.09. The molecule has 0 N–H and O–H groups in total. The molecule has 2 heteroatoms. The van der Waals surface area contributed by atoms with Gasteiger partial charge < -0.3 is 0 Å². The molecule has 14 heavy (non-hydrogen) atoms. The minimum absolute atomic E-state index is 0.755. The van der Waals surface area contributed by atoms with E-state index in [0.29, 0.717) is 0 Å². The second-order valence-electron chi connectivity index (χ2n) is 3.23. The Labute approximate surface area is 87.0 Å². The van der Waals surface area contributed by atoms with Crippen LogP contribution in [0.25, 0.3) is 10.4 Å². The predicted molar refractivity (Wildman–Crippen MR) is 59.9 cm³/mol. The van der Waals surface area contributed by atoms with Gasteiger partial charge in [-0.2, -0.15) is 0 Å². The first-order valence-corrected chi connectivity index (χ1v) is 5.28. The molecule has 0 fully saturated rings. The molecule has 0 aliphatic carbocycles. The molecule has 70 valence electrons. The summed E-state index contributed by atoms with van der Waals surface area (Å²) in [5.41, 5.74) is 3.18. The first-order chi connectivity index (χ1) is 6.79. The van der Waals surface area contributed by atoms with Crippen LogP contribution in [0.4, 0.5) is 0 Å². The third-order valence-corrected chi connectivity index (χ3v) is 3.09. The normalized spacial score (nSPS) is 10.1. The molecule has 0 atom stereocenters. The molecule has 0 bridgehead atoms. The van der Waals surface area contributed by atoms with Crippen molar-refractivity contribution in [2.75, 3.05) is 0 Å². The van der Waals surface area contributed by atoms with Crippen molar-refractivity contribution in [3.05, 3.63) is 46.8 Å². The Morgan fingerprint density at radius 1 is 1.21 bits per heavy atom. The van der Waals surface area contributed by atoms with Gasteiger partial charge in [-0.15, -0.1) is 11.3 Å². The fourth-order valence-corrected chi connectivity index (χ4v) is 2.14. The summed E-state index contributed by atoms with van der Waals surface area (Å²) < 4.78 is 0. The van der Waals surface area contributed by atoms with Crippen molar-refractivity contribution < 1.29 is 4.79 Å². The second kappa shape index (κ2) is 3.76. The van der Waals surface area contributed by atoms with E-state index < -0.39 is 0 Å². The third kappa shape index (κ3) is 1.75. The molecule has 0 spiro atoms. The Bertz CT molecular complexity index is 440. The molecule has 2 aromatic rings. The first kappa shape index (κ1) is 9.16. The summed E-state index contributed by atoms with van der Waals surface area (Å²) in [4.78, 5) is 11.7. The van der Waals surface area contributed by atoms with Crippen LogP contribution in [0.3, 0.4) is 0 Å². The Morgan fingerprint density at radius 3 is 2.50 bits per heavy atom. The average molecular weight is 202 g/mol. The molecule has 1 heterocycles. The SMILES string of the molecule is Cc1ccc(-c2cc(C=O)cs2)cc1. The maximum atomic E-state index is 10.5. The number of aryl methyl sites for hydroxylation is 1. The predicted octanol–water partition coefficient (Wildman–Crippen LogP) is 3.54. The van der Waals surface area contributed by atoms with Gasteiger partial charge in [0.2, 0.25) is 0 Å². The highest BCUT2D eigenvalue weighted by Gasteiger charge is 2.00. The zero-order chi connectivity index (χ0) is 9.97. The molecule has 1 aromatic carbocycles. The molecule has 0 aliphatic heterocycles. The van der Waals surface area contributed by atoms with Gasteiger partial charge in [-0.1, -0.05) is 29.8 Å². The van der Waals surface area contributed by atoms with Crippen LogP contribution in [-0.4, -0.2) is 6.29 Å². The van der Waals surface area contributed by atoms with Crippen molar-refractivity contribution in [3.63, 3.8) is 0 Å². The lowest BCUT2D eigenvalue weighted by atomic mass is 10.1. The van der Waals surface area contributed by atoms with Crippen molar-refractivity contribution in [3.8, 4) is 10.4 Å². The smallest absolute Gasteiger partial charge is 0.150 e. The monoisotopic (exact) mass is 202 g/mol. The molecular weight excluding hydrogens is 192 g/mol. The van der Waals surface area contributed by atoms with Crippen molar-refractivity contribution in [1.82, 2.24) is 0 Å². The van der Waals surface area contributed by atoms with Crippen LogP contribution in [-0.2, 0) is 0 Å². The fraction of sp³-hybridized carbons (Fsp3) is 0.0833. The maximum absolute atomic E-state index is 10.5. The Balaban J connectivity index is 2.39. The van der Waals surface area contributed by atoms with E-state index in [9.17, 15) is 4.79 Å². The van der Waals surface area contributed by atoms with Gasteiger partial charge in [-0.25, -0.2) is 0 Å². The van der Waals surface area contributed by atoms with E-state index in [1.165, 1.54) is 11.1 Å². The van der Waals surface area contributed by atoms with Gasteiger partial charge in [0.05, 0.1) is 0 Å². The molecule has 0 aliphatic rings. The lowest BCUT2D eigenvalue weighted by molar-refractivity contribution is 0.112. The molecular formula is C12H10OS. The van der Waals surface area contributed by atoms with E-state index >= 15 is 0 Å². The maximum Gasteiger partial charge on any atom is 0.150 e. The van der Waals surface area contributed by atoms with Crippen LogP contribution in [0, 0.1) is 6.92 Å². The van der Waals surface area contributed by atoms with Crippen LogP contribution in [0.15, 0.2) is 35.7 Å². The van der Waals surface area contributed by atoms with E-state index in [0.717, 1.165) is 16.7 Å². The molecule has 0 unspecified atom stereocenters. The highest BCUT2D eigenvalue weighted by Crippen LogP contribution is 2.26. The Kier molecular flexibility index (Phi) is 2.46. The van der Waals surface area contributed by atoms with Crippen molar-refractivity contribution >= 4 is 17.6 Å². The molecule has 0 saturated carbocycles. The number of hydrogen-bond acceptors (Lipinski definition) is 2. The summed E-state index contributed by atoms with van der Waals surface area (Å²) in [7, 11) is 0. The summed E-state index contributed by atoms with van der Waals surface area (Å²) in [6.45, 7) is 2.06. The second-order valence-corrected chi connectivity index (χ2v) is 4.14. The molecule has 0 radical (unpaired) electrons. The quantitative estimate of drug-likeness (QED) is 0.681. The van der Waals surface area contributed by atoms with Gasteiger partial charge in [0, 0.05) is 15.8 Å². The van der Waals surface area contributed by atoms with E-state index in [4.69, 9.17) is 0 Å². The van der Waals surface area contributed by atoms with Gasteiger partial charge in [0.15, 0.2) is 6.29 Å². The van der Waals surface area contributed by atoms with E-state index in [1.54, 1.807) is 11.3 Å². The summed E-state index contributed by atoms with van der Waals surface area (Å²) in [5.74, 6) is 0. The number of carbonyl (C=O) groups excluding carboxylic acids is 1. The van der Waals surface area contributed by atoms with Gasteiger partial charge in [-0.3, -0.25) is 4.79 Å². The number of rotatable bonds is 2. The van der Waals surface area contributed by atoms with Gasteiger partial charge in [0.25, 0.3) is 0 Å². The molecule has 0 saturated heterocycles. The van der Waals surface area contributed by atoms with Crippen molar-refractivity contribution in [2.24, 2.45) is 0 Å². The van der Waals surface area contributed by atoms with Gasteiger partial charge >= 0.3 is 0 Å². The van der Waals surface area contributed by atoms with E-state index in [1.807, 2.05) is 11.4 Å². The lowest BCUT2D eigenvalue weighted by Gasteiger charge is -1.96. The van der Waals surface area contributed by atoms with Gasteiger partial charge in [0.1, 0.15) is 0 Å². The minimum atomic E-state index is 0.755. The zero-order valence-corrected chi connectivity index (χ0v) is 8.67. The number of carbonyl (C=O) groups is 1. The van der Waals surface area contributed by atoms with Crippen LogP contribution in [0.5, 0.6) is 0 Å². The van der Waals surface area contributed by atoms with Crippen LogP contribution in [0.2, 0.25) is 0 Å². The summed E-state index contributed by atoms with van der Waals surface area (Å²) in [6.07, 6.45) is 0.883. The number of aldehydes is 1.